The summed E-state index contributed by atoms with van der Waals surface area (Å²) in [6.07, 6.45) is 1.90. The van der Waals surface area contributed by atoms with E-state index in [4.69, 9.17) is 0 Å². The normalized spacial score (nSPS) is 14.7. The molecule has 134 valence electrons. The van der Waals surface area contributed by atoms with Gasteiger partial charge in [-0.1, -0.05) is 0 Å². The molecular formula is C19H20N4OS2. The highest BCUT2D eigenvalue weighted by molar-refractivity contribution is 7.15. The van der Waals surface area contributed by atoms with Crippen LogP contribution in [0.4, 0.5) is 5.82 Å². The van der Waals surface area contributed by atoms with Gasteiger partial charge in [-0.25, -0.2) is 9.97 Å². The zero-order valence-electron chi connectivity index (χ0n) is 14.8. The standard InChI is InChI=1S/C19H20N4OS2/c1-13-14(2)26-18(21-13)15-3-4-17(20-11-15)22-6-8-23(9-7-22)19(24)16-5-10-25-12-16/h3-5,10-12H,6-9H2,1-2H3. The molecule has 0 aliphatic carbocycles. The summed E-state index contributed by atoms with van der Waals surface area (Å²) in [5, 5.41) is 4.88. The summed E-state index contributed by atoms with van der Waals surface area (Å²) in [6.45, 7) is 7.19. The molecule has 0 atom stereocenters. The number of hydrogen-bond acceptors (Lipinski definition) is 6. The molecule has 5 nitrogen and oxygen atoms in total. The average molecular weight is 385 g/mol. The van der Waals surface area contributed by atoms with E-state index in [1.54, 1.807) is 22.7 Å². The fraction of sp³-hybridized carbons (Fsp3) is 0.316. The van der Waals surface area contributed by atoms with E-state index in [9.17, 15) is 4.79 Å². The molecule has 0 saturated carbocycles. The Balaban J connectivity index is 1.41. The van der Waals surface area contributed by atoms with E-state index in [0.717, 1.165) is 53.8 Å². The van der Waals surface area contributed by atoms with Crippen molar-refractivity contribution in [2.45, 2.75) is 13.8 Å². The molecule has 0 radical (unpaired) electrons. The van der Waals surface area contributed by atoms with Crippen molar-refractivity contribution in [1.29, 1.82) is 0 Å². The number of aryl methyl sites for hydroxylation is 2. The van der Waals surface area contributed by atoms with Crippen molar-refractivity contribution in [3.05, 3.63) is 51.3 Å². The number of hydrogen-bond donors (Lipinski definition) is 0. The molecule has 1 fully saturated rings. The first kappa shape index (κ1) is 17.2. The fourth-order valence-corrected chi connectivity index (χ4v) is 4.54. The van der Waals surface area contributed by atoms with Crippen LogP contribution in [-0.4, -0.2) is 47.0 Å². The van der Waals surface area contributed by atoms with Gasteiger partial charge >= 0.3 is 0 Å². The Morgan fingerprint density at radius 1 is 1.12 bits per heavy atom. The number of thiophene rings is 1. The van der Waals surface area contributed by atoms with Crippen molar-refractivity contribution >= 4 is 34.4 Å². The van der Waals surface area contributed by atoms with Gasteiger partial charge in [0.05, 0.1) is 11.3 Å². The maximum absolute atomic E-state index is 12.4. The largest absolute Gasteiger partial charge is 0.353 e. The monoisotopic (exact) mass is 384 g/mol. The molecule has 3 aromatic rings. The number of thiazole rings is 1. The van der Waals surface area contributed by atoms with Crippen LogP contribution in [0.25, 0.3) is 10.6 Å². The number of rotatable bonds is 3. The summed E-state index contributed by atoms with van der Waals surface area (Å²) >= 11 is 3.26. The van der Waals surface area contributed by atoms with Gasteiger partial charge in [0.2, 0.25) is 0 Å². The molecule has 1 aliphatic heterocycles. The zero-order valence-corrected chi connectivity index (χ0v) is 16.4. The van der Waals surface area contributed by atoms with Gasteiger partial charge in [-0.3, -0.25) is 4.79 Å². The van der Waals surface area contributed by atoms with Crippen molar-refractivity contribution < 1.29 is 4.79 Å². The van der Waals surface area contributed by atoms with E-state index < -0.39 is 0 Å². The molecule has 0 aromatic carbocycles. The molecule has 3 aromatic heterocycles. The molecule has 0 bridgehead atoms. The molecule has 7 heteroatoms. The van der Waals surface area contributed by atoms with Crippen LogP contribution in [-0.2, 0) is 0 Å². The molecule has 26 heavy (non-hydrogen) atoms. The van der Waals surface area contributed by atoms with Crippen molar-refractivity contribution in [3.63, 3.8) is 0 Å². The first-order chi connectivity index (χ1) is 12.6. The number of anilines is 1. The zero-order chi connectivity index (χ0) is 18.1. The Bertz CT molecular complexity index is 875. The molecule has 0 unspecified atom stereocenters. The van der Waals surface area contributed by atoms with Crippen LogP contribution in [0.1, 0.15) is 20.9 Å². The summed E-state index contributed by atoms with van der Waals surface area (Å²) < 4.78 is 0. The summed E-state index contributed by atoms with van der Waals surface area (Å²) in [7, 11) is 0. The molecule has 1 amide bonds. The second-order valence-corrected chi connectivity index (χ2v) is 8.34. The number of nitrogens with zero attached hydrogens (tertiary/aromatic N) is 4. The average Bonchev–Trinajstić information content (AvgIpc) is 3.32. The van der Waals surface area contributed by atoms with E-state index in [1.807, 2.05) is 34.8 Å². The van der Waals surface area contributed by atoms with Gasteiger partial charge in [0.15, 0.2) is 0 Å². The lowest BCUT2D eigenvalue weighted by Crippen LogP contribution is -2.49. The van der Waals surface area contributed by atoms with E-state index in [1.165, 1.54) is 4.88 Å². The van der Waals surface area contributed by atoms with Crippen LogP contribution in [0.5, 0.6) is 0 Å². The van der Waals surface area contributed by atoms with Crippen LogP contribution < -0.4 is 4.90 Å². The molecule has 1 aliphatic rings. The second-order valence-electron chi connectivity index (χ2n) is 6.36. The number of pyridine rings is 1. The van der Waals surface area contributed by atoms with Gasteiger partial charge in [-0.2, -0.15) is 11.3 Å². The minimum atomic E-state index is 0.128. The van der Waals surface area contributed by atoms with Crippen LogP contribution in [0.15, 0.2) is 35.2 Å². The predicted octanol–water partition coefficient (Wildman–Crippen LogP) is 3.85. The van der Waals surface area contributed by atoms with E-state index >= 15 is 0 Å². The first-order valence-electron chi connectivity index (χ1n) is 8.58. The van der Waals surface area contributed by atoms with Gasteiger partial charge in [0, 0.05) is 48.2 Å². The SMILES string of the molecule is Cc1nc(-c2ccc(N3CCN(C(=O)c4ccsc4)CC3)nc2)sc1C. The molecule has 1 saturated heterocycles. The van der Waals surface area contributed by atoms with Crippen molar-refractivity contribution in [1.82, 2.24) is 14.9 Å². The number of piperazine rings is 1. The van der Waals surface area contributed by atoms with E-state index in [2.05, 4.69) is 33.9 Å². The van der Waals surface area contributed by atoms with Crippen LogP contribution >= 0.6 is 22.7 Å². The van der Waals surface area contributed by atoms with Gasteiger partial charge in [-0.15, -0.1) is 11.3 Å². The maximum Gasteiger partial charge on any atom is 0.254 e. The predicted molar refractivity (Wildman–Crippen MR) is 107 cm³/mol. The summed E-state index contributed by atoms with van der Waals surface area (Å²) in [4.78, 5) is 27.1. The lowest BCUT2D eigenvalue weighted by atomic mass is 10.2. The van der Waals surface area contributed by atoms with Crippen molar-refractivity contribution in [2.24, 2.45) is 0 Å². The summed E-state index contributed by atoms with van der Waals surface area (Å²) in [5.74, 6) is 1.09. The Morgan fingerprint density at radius 3 is 2.50 bits per heavy atom. The van der Waals surface area contributed by atoms with Crippen LogP contribution in [0, 0.1) is 13.8 Å². The quantitative estimate of drug-likeness (QED) is 0.688. The maximum atomic E-state index is 12.4. The summed E-state index contributed by atoms with van der Waals surface area (Å²) in [5.41, 5.74) is 2.93. The highest BCUT2D eigenvalue weighted by Gasteiger charge is 2.23. The Kier molecular flexibility index (Phi) is 4.74. The third-order valence-corrected chi connectivity index (χ3v) is 6.49. The highest BCUT2D eigenvalue weighted by atomic mass is 32.1. The minimum absolute atomic E-state index is 0.128. The third-order valence-electron chi connectivity index (χ3n) is 4.68. The third kappa shape index (κ3) is 3.37. The number of carbonyl (C=O) groups is 1. The van der Waals surface area contributed by atoms with E-state index in [-0.39, 0.29) is 5.91 Å². The van der Waals surface area contributed by atoms with Gasteiger partial charge < -0.3 is 9.80 Å². The van der Waals surface area contributed by atoms with Crippen molar-refractivity contribution in [2.75, 3.05) is 31.1 Å². The van der Waals surface area contributed by atoms with Crippen LogP contribution in [0.3, 0.4) is 0 Å². The molecular weight excluding hydrogens is 364 g/mol. The molecule has 4 rings (SSSR count). The number of aromatic nitrogens is 2. The van der Waals surface area contributed by atoms with Gasteiger partial charge in [-0.05, 0) is 37.4 Å². The first-order valence-corrected chi connectivity index (χ1v) is 10.3. The second kappa shape index (κ2) is 7.17. The van der Waals surface area contributed by atoms with Gasteiger partial charge in [0.1, 0.15) is 10.8 Å². The highest BCUT2D eigenvalue weighted by Crippen LogP contribution is 2.28. The van der Waals surface area contributed by atoms with Crippen molar-refractivity contribution in [3.8, 4) is 10.6 Å². The smallest absolute Gasteiger partial charge is 0.254 e. The number of carbonyl (C=O) groups excluding carboxylic acids is 1. The van der Waals surface area contributed by atoms with E-state index in [0.29, 0.717) is 0 Å². The number of amides is 1. The Labute approximate surface area is 160 Å². The Hall–Kier alpha value is -2.25. The summed E-state index contributed by atoms with van der Waals surface area (Å²) in [6, 6.07) is 6.03. The topological polar surface area (TPSA) is 49.3 Å². The fourth-order valence-electron chi connectivity index (χ4n) is 3.00. The minimum Gasteiger partial charge on any atom is -0.353 e. The van der Waals surface area contributed by atoms with Crippen LogP contribution in [0.2, 0.25) is 0 Å². The van der Waals surface area contributed by atoms with Gasteiger partial charge in [0.25, 0.3) is 5.91 Å². The lowest BCUT2D eigenvalue weighted by Gasteiger charge is -2.35. The molecule has 0 N–H and O–H groups in total. The molecule has 4 heterocycles. The molecule has 0 spiro atoms. The Morgan fingerprint density at radius 2 is 1.92 bits per heavy atom. The lowest BCUT2D eigenvalue weighted by molar-refractivity contribution is 0.0747.